The Morgan fingerprint density at radius 1 is 0.631 bits per heavy atom. The highest BCUT2D eigenvalue weighted by atomic mass is 35.5. The number of carbonyl (C=O) groups excluding carboxylic acids is 12. The molecule has 2 aromatic carbocycles. The maximum absolute atomic E-state index is 15.8. The van der Waals surface area contributed by atoms with Crippen LogP contribution >= 0.6 is 11.6 Å². The van der Waals surface area contributed by atoms with Crippen LogP contribution in [0.3, 0.4) is 0 Å². The van der Waals surface area contributed by atoms with E-state index in [1.54, 1.807) is 24.0 Å². The number of halogens is 4. The Hall–Kier alpha value is -7.84. The fraction of sp³-hybridized carbons (Fsp3) is 0.680. The molecule has 0 radical (unpaired) electrons. The molecule has 103 heavy (non-hydrogen) atoms. The summed E-state index contributed by atoms with van der Waals surface area (Å²) in [7, 11) is 8.62. The largest absolute Gasteiger partial charge is 0.417 e. The van der Waals surface area contributed by atoms with Crippen molar-refractivity contribution in [1.29, 1.82) is 0 Å². The van der Waals surface area contributed by atoms with Crippen LogP contribution in [-0.4, -0.2) is 250 Å². The van der Waals surface area contributed by atoms with Crippen LogP contribution in [0.15, 0.2) is 42.5 Å². The van der Waals surface area contributed by atoms with Crippen molar-refractivity contribution in [2.75, 3.05) is 75.0 Å². The van der Waals surface area contributed by atoms with Gasteiger partial charge in [0.15, 0.2) is 0 Å². The molecule has 6 fully saturated rings. The molecule has 3 N–H and O–H groups in total. The maximum atomic E-state index is 15.8. The Balaban J connectivity index is 1.19. The minimum absolute atomic E-state index is 0.0257. The van der Waals surface area contributed by atoms with Gasteiger partial charge in [0, 0.05) is 74.9 Å². The first kappa shape index (κ1) is 80.8. The number of benzene rings is 2. The van der Waals surface area contributed by atoms with Gasteiger partial charge in [-0.1, -0.05) is 114 Å². The van der Waals surface area contributed by atoms with Crippen LogP contribution in [0.4, 0.5) is 13.2 Å². The minimum Gasteiger partial charge on any atom is -0.343 e. The second-order valence-corrected chi connectivity index (χ2v) is 30.6. The third kappa shape index (κ3) is 18.8. The van der Waals surface area contributed by atoms with E-state index in [0.29, 0.717) is 75.6 Å². The lowest BCUT2D eigenvalue weighted by atomic mass is 9.81. The first-order valence-corrected chi connectivity index (χ1v) is 37.3. The molecule has 28 heteroatoms. The number of alkyl halides is 3. The van der Waals surface area contributed by atoms with Gasteiger partial charge in [0.25, 0.3) is 0 Å². The smallest absolute Gasteiger partial charge is 0.343 e. The average molecular weight is 1460 g/mol. The van der Waals surface area contributed by atoms with E-state index < -0.39 is 172 Å². The lowest BCUT2D eigenvalue weighted by Gasteiger charge is -2.45. The van der Waals surface area contributed by atoms with Crippen molar-refractivity contribution in [2.24, 2.45) is 17.8 Å². The highest BCUT2D eigenvalue weighted by Crippen LogP contribution is 2.39. The predicted molar refractivity (Wildman–Crippen MR) is 380 cm³/mol. The number of fused-ring (bicyclic) bond motifs is 2. The van der Waals surface area contributed by atoms with Gasteiger partial charge >= 0.3 is 6.18 Å². The number of hydrogen-bond acceptors (Lipinski definition) is 12. The molecule has 24 nitrogen and oxygen atoms in total. The van der Waals surface area contributed by atoms with Crippen molar-refractivity contribution in [3.8, 4) is 0 Å². The summed E-state index contributed by atoms with van der Waals surface area (Å²) in [5.41, 5.74) is -0.792. The zero-order valence-electron chi connectivity index (χ0n) is 62.1. The van der Waals surface area contributed by atoms with Crippen LogP contribution in [-0.2, 0) is 76.6 Å². The zero-order valence-corrected chi connectivity index (χ0v) is 62.8. The van der Waals surface area contributed by atoms with Crippen molar-refractivity contribution in [1.82, 2.24) is 60.0 Å². The summed E-state index contributed by atoms with van der Waals surface area (Å²) < 4.78 is 41.7. The van der Waals surface area contributed by atoms with Crippen molar-refractivity contribution in [3.63, 3.8) is 0 Å². The molecule has 4 heterocycles. The SMILES string of the molecule is CC[C@H](C)[C@@H]1NC(=O)[C@H](CC(C)C)N(C)C(=O)C[C@@H](C(=O)N2CCCC2)N(C)C(=O)[C@H](C2CCCCC2)N(C)C(=O)C2(CCCC2)NC(=O)[C@@H]2CCCN2C(=O)[C@H](CCc2ccc(C(F)(F)F)c(Cl)c2)NC(=O)CN(C)C(=O)[C@H](Cc2ccc(C)cc2)N(C)C(=O)[C@@H]2CCN2C(=O)[C@H](C)N(C)C1=O. The van der Waals surface area contributed by atoms with Gasteiger partial charge in [-0.2, -0.15) is 13.2 Å². The number of nitrogens with zero attached hydrogens (tertiary/aromatic N) is 9. The van der Waals surface area contributed by atoms with E-state index in [4.69, 9.17) is 11.6 Å². The summed E-state index contributed by atoms with van der Waals surface area (Å²) >= 11 is 6.17. The van der Waals surface area contributed by atoms with Crippen LogP contribution in [0.5, 0.6) is 0 Å². The van der Waals surface area contributed by atoms with Crippen molar-refractivity contribution in [3.05, 3.63) is 69.7 Å². The van der Waals surface area contributed by atoms with Crippen LogP contribution in [0, 0.1) is 24.7 Å². The highest BCUT2D eigenvalue weighted by Gasteiger charge is 2.52. The quantitative estimate of drug-likeness (QED) is 0.229. The molecule has 4 saturated heterocycles. The van der Waals surface area contributed by atoms with Crippen LogP contribution in [0.25, 0.3) is 0 Å². The summed E-state index contributed by atoms with van der Waals surface area (Å²) in [6.45, 7) is 11.0. The summed E-state index contributed by atoms with van der Waals surface area (Å²) in [4.78, 5) is 193. The molecule has 10 atom stereocenters. The summed E-state index contributed by atoms with van der Waals surface area (Å²) in [6.07, 6.45) is 1.69. The van der Waals surface area contributed by atoms with Gasteiger partial charge in [-0.15, -0.1) is 0 Å². The molecule has 0 unspecified atom stereocenters. The van der Waals surface area contributed by atoms with E-state index in [0.717, 1.165) is 41.9 Å². The number of nitrogens with one attached hydrogen (secondary N) is 3. The average Bonchev–Trinajstić information content (AvgIpc) is 1.31. The van der Waals surface area contributed by atoms with E-state index in [2.05, 4.69) is 16.0 Å². The van der Waals surface area contributed by atoms with Crippen molar-refractivity contribution < 1.29 is 70.7 Å². The second kappa shape index (κ2) is 34.8. The topological polar surface area (TPSA) is 270 Å². The number of carbonyl (C=O) groups is 12. The Morgan fingerprint density at radius 2 is 1.26 bits per heavy atom. The molecule has 2 aliphatic carbocycles. The van der Waals surface area contributed by atoms with E-state index in [1.165, 1.54) is 89.6 Å². The summed E-state index contributed by atoms with van der Waals surface area (Å²) in [6, 6.07) is -0.772. The molecule has 0 bridgehead atoms. The van der Waals surface area contributed by atoms with Gasteiger partial charge in [0.1, 0.15) is 59.9 Å². The molecule has 12 amide bonds. The minimum atomic E-state index is -4.77. The van der Waals surface area contributed by atoms with Crippen molar-refractivity contribution >= 4 is 82.5 Å². The van der Waals surface area contributed by atoms with Crippen molar-refractivity contribution in [2.45, 2.75) is 236 Å². The van der Waals surface area contributed by atoms with Gasteiger partial charge in [0.2, 0.25) is 70.9 Å². The van der Waals surface area contributed by atoms with Gasteiger partial charge in [-0.3, -0.25) is 57.5 Å². The Morgan fingerprint density at radius 3 is 1.85 bits per heavy atom. The normalized spacial score (nSPS) is 27.1. The first-order valence-electron chi connectivity index (χ1n) is 36.9. The number of likely N-dealkylation sites (tertiary alicyclic amines) is 1. The van der Waals surface area contributed by atoms with E-state index >= 15 is 33.6 Å². The Kier molecular flexibility index (Phi) is 27.3. The van der Waals surface area contributed by atoms with Gasteiger partial charge in [0.05, 0.1) is 23.6 Å². The summed E-state index contributed by atoms with van der Waals surface area (Å²) in [5.74, 6) is -8.82. The Labute approximate surface area is 609 Å². The molecule has 1 spiro atoms. The molecule has 2 aromatic rings. The summed E-state index contributed by atoms with van der Waals surface area (Å²) in [5, 5.41) is 8.20. The number of likely N-dealkylation sites (N-methyl/N-ethyl adjacent to an activating group) is 6. The first-order chi connectivity index (χ1) is 48.6. The number of hydrogen-bond donors (Lipinski definition) is 3. The Bertz CT molecular complexity index is 3450. The highest BCUT2D eigenvalue weighted by molar-refractivity contribution is 6.31. The van der Waals surface area contributed by atoms with Gasteiger partial charge in [-0.05, 0) is 132 Å². The third-order valence-electron chi connectivity index (χ3n) is 22.6. The number of amides is 12. The van der Waals surface area contributed by atoms with Gasteiger partial charge in [-0.25, -0.2) is 0 Å². The maximum Gasteiger partial charge on any atom is 0.417 e. The van der Waals surface area contributed by atoms with Gasteiger partial charge < -0.3 is 60.0 Å². The molecule has 568 valence electrons. The van der Waals surface area contributed by atoms with Crippen LogP contribution < -0.4 is 16.0 Å². The molecule has 8 rings (SSSR count). The predicted octanol–water partition coefficient (Wildman–Crippen LogP) is 6.14. The number of aryl methyl sites for hydroxylation is 2. The molecular formula is C75H108ClF3N12O12. The van der Waals surface area contributed by atoms with E-state index in [1.807, 2.05) is 39.8 Å². The van der Waals surface area contributed by atoms with Crippen LogP contribution in [0.1, 0.15) is 172 Å². The lowest BCUT2D eigenvalue weighted by Crippen LogP contribution is -2.65. The molecule has 0 aromatic heterocycles. The lowest BCUT2D eigenvalue weighted by molar-refractivity contribution is -0.160. The van der Waals surface area contributed by atoms with E-state index in [9.17, 15) is 37.1 Å². The zero-order chi connectivity index (χ0) is 75.7. The monoisotopic (exact) mass is 1460 g/mol. The second-order valence-electron chi connectivity index (χ2n) is 30.2. The molecule has 2 saturated carbocycles. The standard InChI is InChI=1S/C75H108ClF3N12O12/c1-13-47(5)62-71(101)84(8)48(6)66(96)91-39-33-56(91)69(99)86(10)58(42-50-27-25-46(4)26-28-50)68(98)83(7)44-60(92)80-54(32-30-49-29-31-52(53(76)41-49)75(77,78)79)67(97)90-38-21-24-55(90)65(95)82-74(34-17-18-35-74)73(103)88(12)63(51-22-15-14-16-23-51)72(102)87(11)59(70(100)89-36-19-20-37-89)43-61(93)85(9)57(40-45(2)3)64(94)81-62/h25-29,31,41,45,47-48,51,54-59,62-63H,13-24,30,32-40,42-44H2,1-12H3,(H,80,92)(H,81,94)(H,82,95)/t47-,48-,54-,55-,56-,57-,58-,59-,62-,63-/m0/s1. The number of rotatable bonds is 11. The van der Waals surface area contributed by atoms with Crippen LogP contribution in [0.2, 0.25) is 5.02 Å². The molecule has 6 aliphatic rings. The molecule has 4 aliphatic heterocycles. The fourth-order valence-electron chi connectivity index (χ4n) is 15.7. The third-order valence-corrected chi connectivity index (χ3v) is 23.0. The van der Waals surface area contributed by atoms with E-state index in [-0.39, 0.29) is 70.4 Å². The molecular weight excluding hydrogens is 1350 g/mol. The fourth-order valence-corrected chi connectivity index (χ4v) is 16.1.